The first-order valence-electron chi connectivity index (χ1n) is 13.6. The van der Waals surface area contributed by atoms with E-state index in [2.05, 4.69) is 19.2 Å². The van der Waals surface area contributed by atoms with Crippen molar-refractivity contribution in [3.05, 3.63) is 0 Å². The summed E-state index contributed by atoms with van der Waals surface area (Å²) in [5, 5.41) is 2.92. The molecule has 10 atom stereocenters. The summed E-state index contributed by atoms with van der Waals surface area (Å²) < 4.78 is 10.8. The number of carbonyl (C=O) groups excluding carboxylic acids is 3. The molecule has 0 aromatic rings. The molecule has 6 heteroatoms. The molecule has 0 heterocycles. The molecule has 0 radical (unpaired) electrons. The first-order chi connectivity index (χ1) is 16.1. The van der Waals surface area contributed by atoms with Crippen LogP contribution in [0.1, 0.15) is 85.5 Å². The molecule has 2 unspecified atom stereocenters. The van der Waals surface area contributed by atoms with Gasteiger partial charge < -0.3 is 9.47 Å². The van der Waals surface area contributed by atoms with E-state index < -0.39 is 6.04 Å². The highest BCUT2D eigenvalue weighted by molar-refractivity contribution is 5.79. The highest BCUT2D eigenvalue weighted by atomic mass is 16.6. The van der Waals surface area contributed by atoms with Crippen molar-refractivity contribution in [3.63, 3.8) is 0 Å². The van der Waals surface area contributed by atoms with Crippen molar-refractivity contribution in [2.45, 2.75) is 97.1 Å². The summed E-state index contributed by atoms with van der Waals surface area (Å²) in [6.45, 7) is 8.50. The topological polar surface area (TPSA) is 81.7 Å². The van der Waals surface area contributed by atoms with Crippen molar-refractivity contribution in [3.8, 4) is 0 Å². The van der Waals surface area contributed by atoms with Crippen LogP contribution in [-0.2, 0) is 23.9 Å². The van der Waals surface area contributed by atoms with Crippen molar-refractivity contribution in [1.82, 2.24) is 5.32 Å². The second kappa shape index (κ2) is 8.31. The molecule has 190 valence electrons. The van der Waals surface area contributed by atoms with Crippen LogP contribution in [0.5, 0.6) is 0 Å². The van der Waals surface area contributed by atoms with Gasteiger partial charge >= 0.3 is 11.9 Å². The van der Waals surface area contributed by atoms with Gasteiger partial charge in [-0.05, 0) is 106 Å². The summed E-state index contributed by atoms with van der Waals surface area (Å²) in [6.07, 6.45) is 10.4. The highest BCUT2D eigenvalue weighted by Gasteiger charge is 2.70. The maximum absolute atomic E-state index is 12.6. The summed E-state index contributed by atoms with van der Waals surface area (Å²) in [5.74, 6) is 3.34. The number of hydrogen-bond acceptors (Lipinski definition) is 6. The Kier molecular flexibility index (Phi) is 5.94. The Labute approximate surface area is 204 Å². The molecule has 34 heavy (non-hydrogen) atoms. The largest absolute Gasteiger partial charge is 0.468 e. The summed E-state index contributed by atoms with van der Waals surface area (Å²) in [5.41, 5.74) is 0.256. The van der Waals surface area contributed by atoms with E-state index in [1.807, 2.05) is 6.92 Å². The molecular weight excluding hydrogens is 430 g/mol. The van der Waals surface area contributed by atoms with E-state index in [9.17, 15) is 14.4 Å². The molecule has 6 nitrogen and oxygen atoms in total. The van der Waals surface area contributed by atoms with Crippen molar-refractivity contribution >= 4 is 17.7 Å². The predicted molar refractivity (Wildman–Crippen MR) is 128 cm³/mol. The molecule has 5 aliphatic rings. The number of esters is 2. The lowest BCUT2D eigenvalue weighted by atomic mass is 9.44. The molecule has 5 fully saturated rings. The van der Waals surface area contributed by atoms with Crippen LogP contribution in [0.2, 0.25) is 0 Å². The summed E-state index contributed by atoms with van der Waals surface area (Å²) in [7, 11) is 1.35. The zero-order valence-electron chi connectivity index (χ0n) is 21.7. The van der Waals surface area contributed by atoms with Crippen LogP contribution in [0.4, 0.5) is 0 Å². The lowest BCUT2D eigenvalue weighted by Crippen LogP contribution is -2.55. The second-order valence-electron chi connectivity index (χ2n) is 12.8. The normalized spacial score (nSPS) is 47.3. The molecule has 5 rings (SSSR count). The average molecular weight is 474 g/mol. The Bertz CT molecular complexity index is 873. The third kappa shape index (κ3) is 3.57. The number of methoxy groups -OCH3 is 1. The van der Waals surface area contributed by atoms with Gasteiger partial charge in [0.05, 0.1) is 13.7 Å². The Balaban J connectivity index is 1.24. The van der Waals surface area contributed by atoms with Gasteiger partial charge in [0.15, 0.2) is 0 Å². The minimum atomic E-state index is -0.523. The lowest BCUT2D eigenvalue weighted by molar-refractivity contribution is -0.164. The van der Waals surface area contributed by atoms with Gasteiger partial charge in [0.1, 0.15) is 17.4 Å². The predicted octanol–water partition coefficient (Wildman–Crippen LogP) is 4.30. The molecule has 5 aliphatic carbocycles. The Morgan fingerprint density at radius 1 is 0.912 bits per heavy atom. The van der Waals surface area contributed by atoms with Crippen LogP contribution in [-0.4, -0.2) is 43.0 Å². The van der Waals surface area contributed by atoms with E-state index in [4.69, 9.17) is 9.47 Å². The zero-order valence-corrected chi connectivity index (χ0v) is 21.7. The smallest absolute Gasteiger partial charge is 0.322 e. The molecule has 0 spiro atoms. The lowest BCUT2D eigenvalue weighted by Gasteiger charge is -2.60. The van der Waals surface area contributed by atoms with E-state index in [0.717, 1.165) is 37.5 Å². The highest BCUT2D eigenvalue weighted by Crippen LogP contribution is 2.73. The third-order valence-electron chi connectivity index (χ3n) is 11.5. The van der Waals surface area contributed by atoms with Gasteiger partial charge in [0, 0.05) is 11.8 Å². The van der Waals surface area contributed by atoms with Crippen LogP contribution in [0.3, 0.4) is 0 Å². The molecule has 0 saturated heterocycles. The van der Waals surface area contributed by atoms with E-state index in [1.54, 1.807) is 6.92 Å². The van der Waals surface area contributed by atoms with E-state index >= 15 is 0 Å². The van der Waals surface area contributed by atoms with Crippen molar-refractivity contribution < 1.29 is 23.9 Å². The summed E-state index contributed by atoms with van der Waals surface area (Å²) >= 11 is 0. The molecule has 0 amide bonds. The van der Waals surface area contributed by atoms with Crippen molar-refractivity contribution in [2.24, 2.45) is 46.3 Å². The maximum Gasteiger partial charge on any atom is 0.322 e. The van der Waals surface area contributed by atoms with Crippen molar-refractivity contribution in [2.75, 3.05) is 13.7 Å². The molecule has 0 aliphatic heterocycles. The molecule has 1 N–H and O–H groups in total. The fourth-order valence-electron chi connectivity index (χ4n) is 9.70. The second-order valence-corrected chi connectivity index (χ2v) is 12.8. The first-order valence-corrected chi connectivity index (χ1v) is 13.6. The Morgan fingerprint density at radius 3 is 2.32 bits per heavy atom. The summed E-state index contributed by atoms with van der Waals surface area (Å²) in [6, 6.07) is -0.523. The van der Waals surface area contributed by atoms with E-state index in [-0.39, 0.29) is 35.4 Å². The van der Waals surface area contributed by atoms with Crippen LogP contribution in [0.25, 0.3) is 0 Å². The van der Waals surface area contributed by atoms with Crippen LogP contribution in [0, 0.1) is 46.3 Å². The number of hydrogen-bond donors (Lipinski definition) is 1. The molecule has 0 aromatic heterocycles. The monoisotopic (exact) mass is 473 g/mol. The average Bonchev–Trinajstić information content (AvgIpc) is 3.39. The van der Waals surface area contributed by atoms with Gasteiger partial charge in [-0.15, -0.1) is 0 Å². The van der Waals surface area contributed by atoms with Gasteiger partial charge in [0.2, 0.25) is 0 Å². The third-order valence-corrected chi connectivity index (χ3v) is 11.5. The first kappa shape index (κ1) is 24.3. The van der Waals surface area contributed by atoms with Crippen LogP contribution in [0.15, 0.2) is 0 Å². The zero-order chi connectivity index (χ0) is 24.5. The minimum Gasteiger partial charge on any atom is -0.468 e. The molecule has 5 saturated carbocycles. The minimum absolute atomic E-state index is 0.0367. The maximum atomic E-state index is 12.6. The van der Waals surface area contributed by atoms with Crippen LogP contribution < -0.4 is 5.32 Å². The molecular formula is C28H43NO5. The quantitative estimate of drug-likeness (QED) is 0.580. The SMILES string of the molecule is COC(=O)C(C)NCC(=O)O[C@]12CC[C@@]3(C)[C@@H](CC[C@@H]4[C@@H]3CC[C@]3(C)[C@@H](C(C)=O)CC[C@@H]43)C1C2. The molecule has 0 aromatic carbocycles. The standard InChI is InChI=1S/C28H43NO5/c1-16(25(32)33-5)29-15-24(31)34-28-13-12-27(4)21-10-11-26(3)19(17(2)30)8-9-20(26)18(21)6-7-22(27)23(28)14-28/h16,18-23,29H,6-15H2,1-5H3/t16?,18-,19+,20-,21-,22-,23?,26+,27+,28-/m0/s1. The van der Waals surface area contributed by atoms with Gasteiger partial charge in [0.25, 0.3) is 0 Å². The number of fused-ring (bicyclic) bond motifs is 7. The fourth-order valence-corrected chi connectivity index (χ4v) is 9.70. The number of Topliss-reactive ketones (excluding diaryl/α,β-unsaturated/α-hetero) is 1. The fraction of sp³-hybridized carbons (Fsp3) is 0.893. The number of ether oxygens (including phenoxy) is 2. The Hall–Kier alpha value is -1.43. The number of ketones is 1. The van der Waals surface area contributed by atoms with Gasteiger partial charge in [-0.1, -0.05) is 13.8 Å². The van der Waals surface area contributed by atoms with Gasteiger partial charge in [-0.3, -0.25) is 19.7 Å². The van der Waals surface area contributed by atoms with Gasteiger partial charge in [-0.2, -0.15) is 0 Å². The number of rotatable bonds is 6. The van der Waals surface area contributed by atoms with E-state index in [0.29, 0.717) is 29.0 Å². The van der Waals surface area contributed by atoms with Crippen molar-refractivity contribution in [1.29, 1.82) is 0 Å². The number of nitrogens with one attached hydrogen (secondary N) is 1. The summed E-state index contributed by atoms with van der Waals surface area (Å²) in [4.78, 5) is 36.6. The van der Waals surface area contributed by atoms with Crippen LogP contribution >= 0.6 is 0 Å². The van der Waals surface area contributed by atoms with Gasteiger partial charge in [-0.25, -0.2) is 0 Å². The number of carbonyl (C=O) groups is 3. The Morgan fingerprint density at radius 2 is 1.62 bits per heavy atom. The molecule has 0 bridgehead atoms. The van der Waals surface area contributed by atoms with E-state index in [1.165, 1.54) is 39.2 Å².